The van der Waals surface area contributed by atoms with Crippen molar-refractivity contribution in [1.29, 1.82) is 0 Å². The molecule has 4 aromatic carbocycles. The number of fused-ring (bicyclic) bond motifs is 9. The predicted octanol–water partition coefficient (Wildman–Crippen LogP) is 7.76. The van der Waals surface area contributed by atoms with Crippen LogP contribution in [0.25, 0.3) is 52.9 Å². The number of halogens is 1. The van der Waals surface area contributed by atoms with Gasteiger partial charge in [0.1, 0.15) is 11.2 Å². The molecule has 0 bridgehead atoms. The van der Waals surface area contributed by atoms with Gasteiger partial charge in [0.15, 0.2) is 0 Å². The zero-order valence-electron chi connectivity index (χ0n) is 13.0. The summed E-state index contributed by atoms with van der Waals surface area (Å²) < 4.78 is 8.65. The van der Waals surface area contributed by atoms with E-state index < -0.39 is 0 Å². The van der Waals surface area contributed by atoms with E-state index in [9.17, 15) is 0 Å². The van der Waals surface area contributed by atoms with Crippen LogP contribution in [0.15, 0.2) is 71.1 Å². The van der Waals surface area contributed by atoms with Gasteiger partial charge >= 0.3 is 0 Å². The van der Waals surface area contributed by atoms with Crippen molar-refractivity contribution in [2.24, 2.45) is 0 Å². The molecule has 0 amide bonds. The van der Waals surface area contributed by atoms with Gasteiger partial charge in [-0.25, -0.2) is 0 Å². The van der Waals surface area contributed by atoms with Crippen molar-refractivity contribution in [2.45, 2.75) is 0 Å². The van der Waals surface area contributed by atoms with Gasteiger partial charge in [0.25, 0.3) is 0 Å². The van der Waals surface area contributed by atoms with Gasteiger partial charge in [-0.3, -0.25) is 0 Å². The summed E-state index contributed by atoms with van der Waals surface area (Å²) in [6, 6.07) is 23.1. The molecule has 3 heteroatoms. The van der Waals surface area contributed by atoms with Crippen LogP contribution in [0.3, 0.4) is 0 Å². The van der Waals surface area contributed by atoms with Gasteiger partial charge in [-0.15, -0.1) is 11.3 Å². The molecule has 0 N–H and O–H groups in total. The van der Waals surface area contributed by atoms with Gasteiger partial charge in [-0.1, -0.05) is 48.0 Å². The Bertz CT molecular complexity index is 1460. The van der Waals surface area contributed by atoms with E-state index >= 15 is 0 Å². The maximum Gasteiger partial charge on any atom is 0.136 e. The fraction of sp³-hybridized carbons (Fsp3) is 0. The Morgan fingerprint density at radius 3 is 2.44 bits per heavy atom. The Balaban J connectivity index is 1.91. The largest absolute Gasteiger partial charge is 0.456 e. The van der Waals surface area contributed by atoms with Crippen LogP contribution >= 0.6 is 22.9 Å². The molecule has 25 heavy (non-hydrogen) atoms. The third-order valence-electron chi connectivity index (χ3n) is 4.92. The third-order valence-corrected chi connectivity index (χ3v) is 6.43. The average Bonchev–Trinajstić information content (AvgIpc) is 3.19. The first-order valence-electron chi connectivity index (χ1n) is 8.14. The van der Waals surface area contributed by atoms with E-state index in [0.717, 1.165) is 21.6 Å². The number of hydrogen-bond acceptors (Lipinski definition) is 2. The Labute approximate surface area is 152 Å². The summed E-state index contributed by atoms with van der Waals surface area (Å²) >= 11 is 8.09. The fourth-order valence-electron chi connectivity index (χ4n) is 3.79. The molecular weight excluding hydrogens is 348 g/mol. The first kappa shape index (κ1) is 13.7. The maximum absolute atomic E-state index is 6.25. The van der Waals surface area contributed by atoms with Crippen molar-refractivity contribution < 1.29 is 4.42 Å². The van der Waals surface area contributed by atoms with Crippen molar-refractivity contribution in [3.8, 4) is 0 Å². The van der Waals surface area contributed by atoms with Crippen LogP contribution in [0, 0.1) is 0 Å². The third kappa shape index (κ3) is 1.78. The quantitative estimate of drug-likeness (QED) is 0.270. The number of furan rings is 1. The summed E-state index contributed by atoms with van der Waals surface area (Å²) in [5.41, 5.74) is 1.80. The van der Waals surface area contributed by atoms with E-state index in [4.69, 9.17) is 16.0 Å². The molecule has 0 aliphatic rings. The maximum atomic E-state index is 6.25. The molecule has 0 saturated heterocycles. The average molecular weight is 359 g/mol. The van der Waals surface area contributed by atoms with E-state index in [2.05, 4.69) is 48.5 Å². The van der Waals surface area contributed by atoms with Gasteiger partial charge in [0.05, 0.1) is 0 Å². The molecule has 0 aliphatic carbocycles. The zero-order valence-corrected chi connectivity index (χ0v) is 14.6. The lowest BCUT2D eigenvalue weighted by molar-refractivity contribution is 0.669. The van der Waals surface area contributed by atoms with Crippen LogP contribution in [-0.4, -0.2) is 0 Å². The Hall–Kier alpha value is -2.55. The molecule has 0 radical (unpaired) electrons. The number of benzene rings is 4. The topological polar surface area (TPSA) is 13.1 Å². The second-order valence-electron chi connectivity index (χ2n) is 6.32. The van der Waals surface area contributed by atoms with Crippen molar-refractivity contribution in [1.82, 2.24) is 0 Å². The molecule has 118 valence electrons. The van der Waals surface area contributed by atoms with Crippen LogP contribution < -0.4 is 0 Å². The minimum Gasteiger partial charge on any atom is -0.456 e. The highest BCUT2D eigenvalue weighted by Gasteiger charge is 2.15. The Morgan fingerprint density at radius 2 is 1.48 bits per heavy atom. The molecule has 6 aromatic rings. The van der Waals surface area contributed by atoms with E-state index in [-0.39, 0.29) is 0 Å². The fourth-order valence-corrected chi connectivity index (χ4v) is 5.36. The highest BCUT2D eigenvalue weighted by atomic mass is 35.5. The highest BCUT2D eigenvalue weighted by molar-refractivity contribution is 7.27. The molecule has 0 spiro atoms. The monoisotopic (exact) mass is 358 g/mol. The van der Waals surface area contributed by atoms with Gasteiger partial charge in [0, 0.05) is 36.0 Å². The summed E-state index contributed by atoms with van der Waals surface area (Å²) in [5.74, 6) is 0. The van der Waals surface area contributed by atoms with Crippen molar-refractivity contribution in [3.63, 3.8) is 0 Å². The summed E-state index contributed by atoms with van der Waals surface area (Å²) in [7, 11) is 0. The zero-order chi connectivity index (χ0) is 16.5. The molecule has 2 heterocycles. The molecule has 0 fully saturated rings. The first-order chi connectivity index (χ1) is 12.3. The minimum atomic E-state index is 0.735. The normalized spacial score (nSPS) is 12.2. The standard InChI is InChI=1S/C22H11ClOS/c23-13-6-9-18-17(11-13)20-19(24-18)10-8-16-15-7-5-12-3-1-2-4-14(12)21(15)25-22(16)20/h1-11H. The second kappa shape index (κ2) is 4.75. The lowest BCUT2D eigenvalue weighted by Gasteiger charge is -1.98. The molecule has 6 rings (SSSR count). The van der Waals surface area contributed by atoms with Crippen LogP contribution in [0.5, 0.6) is 0 Å². The van der Waals surface area contributed by atoms with Crippen molar-refractivity contribution >= 4 is 75.8 Å². The van der Waals surface area contributed by atoms with Crippen LogP contribution in [-0.2, 0) is 0 Å². The molecule has 0 atom stereocenters. The Kier molecular flexibility index (Phi) is 2.61. The van der Waals surface area contributed by atoms with E-state index in [0.29, 0.717) is 0 Å². The number of thiophene rings is 1. The lowest BCUT2D eigenvalue weighted by atomic mass is 10.0. The van der Waals surface area contributed by atoms with Gasteiger partial charge in [-0.05, 0) is 41.1 Å². The van der Waals surface area contributed by atoms with Gasteiger partial charge in [-0.2, -0.15) is 0 Å². The summed E-state index contributed by atoms with van der Waals surface area (Å²) in [4.78, 5) is 0. The molecule has 0 aliphatic heterocycles. The van der Waals surface area contributed by atoms with Crippen LogP contribution in [0.1, 0.15) is 0 Å². The smallest absolute Gasteiger partial charge is 0.136 e. The van der Waals surface area contributed by atoms with Crippen molar-refractivity contribution in [2.75, 3.05) is 0 Å². The van der Waals surface area contributed by atoms with E-state index in [1.54, 1.807) is 0 Å². The SMILES string of the molecule is Clc1ccc2oc3ccc4c5ccc6ccccc6c5sc4c3c2c1. The van der Waals surface area contributed by atoms with Crippen LogP contribution in [0.4, 0.5) is 0 Å². The van der Waals surface area contributed by atoms with Gasteiger partial charge < -0.3 is 4.42 Å². The Morgan fingerprint density at radius 1 is 0.680 bits per heavy atom. The summed E-state index contributed by atoms with van der Waals surface area (Å²) in [6.07, 6.45) is 0. The van der Waals surface area contributed by atoms with E-state index in [1.807, 2.05) is 29.5 Å². The molecular formula is C22H11ClOS. The molecule has 1 nitrogen and oxygen atoms in total. The van der Waals surface area contributed by atoms with Crippen molar-refractivity contribution in [3.05, 3.63) is 71.8 Å². The number of hydrogen-bond donors (Lipinski definition) is 0. The molecule has 2 aromatic heterocycles. The molecule has 0 unspecified atom stereocenters. The lowest BCUT2D eigenvalue weighted by Crippen LogP contribution is -1.72. The van der Waals surface area contributed by atoms with Gasteiger partial charge in [0.2, 0.25) is 0 Å². The minimum absolute atomic E-state index is 0.735. The highest BCUT2D eigenvalue weighted by Crippen LogP contribution is 2.44. The second-order valence-corrected chi connectivity index (χ2v) is 7.78. The summed E-state index contributed by atoms with van der Waals surface area (Å²) in [6.45, 7) is 0. The number of rotatable bonds is 0. The van der Waals surface area contributed by atoms with Crippen LogP contribution in [0.2, 0.25) is 5.02 Å². The first-order valence-corrected chi connectivity index (χ1v) is 9.34. The molecule has 0 saturated carbocycles. The predicted molar refractivity (Wildman–Crippen MR) is 109 cm³/mol. The summed E-state index contributed by atoms with van der Waals surface area (Å²) in [5, 5.41) is 8.15. The van der Waals surface area contributed by atoms with E-state index in [1.165, 1.54) is 36.3 Å².